The Bertz CT molecular complexity index is 683. The first kappa shape index (κ1) is 17.1. The number of aromatic nitrogens is 1. The lowest BCUT2D eigenvalue weighted by Gasteiger charge is -2.33. The topological polar surface area (TPSA) is 25.4 Å². The first-order chi connectivity index (χ1) is 11.4. The highest BCUT2D eigenvalue weighted by molar-refractivity contribution is 9.10. The predicted molar refractivity (Wildman–Crippen MR) is 89.2 cm³/mol. The summed E-state index contributed by atoms with van der Waals surface area (Å²) in [5.41, 5.74) is -0.720. The first-order valence-corrected chi connectivity index (χ1v) is 8.42. The summed E-state index contributed by atoms with van der Waals surface area (Å²) in [6.07, 6.45) is -1.58. The molecule has 0 amide bonds. The molecule has 1 aliphatic heterocycles. The van der Waals surface area contributed by atoms with Gasteiger partial charge in [-0.15, -0.1) is 0 Å². The summed E-state index contributed by atoms with van der Waals surface area (Å²) in [5.74, 6) is 0.776. The van der Waals surface area contributed by atoms with Gasteiger partial charge in [-0.25, -0.2) is 4.98 Å². The van der Waals surface area contributed by atoms with E-state index in [-0.39, 0.29) is 11.9 Å². The average molecular weight is 401 g/mol. The van der Waals surface area contributed by atoms with Crippen LogP contribution in [0.15, 0.2) is 47.1 Å². The summed E-state index contributed by atoms with van der Waals surface area (Å²) in [6, 6.07) is 9.21. The van der Waals surface area contributed by atoms with Gasteiger partial charge in [0.1, 0.15) is 17.7 Å². The third-order valence-corrected chi connectivity index (χ3v) is 4.43. The Kier molecular flexibility index (Phi) is 4.99. The van der Waals surface area contributed by atoms with E-state index in [1.807, 2.05) is 12.1 Å². The Hall–Kier alpha value is -1.76. The lowest BCUT2D eigenvalue weighted by atomic mass is 10.1. The van der Waals surface area contributed by atoms with Crippen molar-refractivity contribution in [2.45, 2.75) is 25.1 Å². The van der Waals surface area contributed by atoms with Crippen molar-refractivity contribution >= 4 is 21.7 Å². The van der Waals surface area contributed by atoms with Gasteiger partial charge in [0.05, 0.1) is 5.56 Å². The highest BCUT2D eigenvalue weighted by Crippen LogP contribution is 2.37. The molecule has 128 valence electrons. The quantitative estimate of drug-likeness (QED) is 0.731. The molecule has 1 aromatic carbocycles. The zero-order valence-corrected chi connectivity index (χ0v) is 14.3. The van der Waals surface area contributed by atoms with Crippen LogP contribution in [0.5, 0.6) is 5.75 Å². The smallest absolute Gasteiger partial charge is 0.419 e. The van der Waals surface area contributed by atoms with Crippen LogP contribution in [0.4, 0.5) is 19.0 Å². The third kappa shape index (κ3) is 4.01. The molecule has 1 aliphatic rings. The number of nitrogens with zero attached hydrogens (tertiary/aromatic N) is 2. The van der Waals surface area contributed by atoms with Gasteiger partial charge in [-0.1, -0.05) is 12.1 Å². The molecular weight excluding hydrogens is 385 g/mol. The Morgan fingerprint density at radius 1 is 1.08 bits per heavy atom. The number of para-hydroxylation sites is 1. The molecule has 0 unspecified atom stereocenters. The molecule has 1 aromatic heterocycles. The fraction of sp³-hybridized carbons (Fsp3) is 0.353. The second-order valence-electron chi connectivity index (χ2n) is 5.63. The van der Waals surface area contributed by atoms with Gasteiger partial charge in [0.15, 0.2) is 0 Å². The molecule has 0 saturated carbocycles. The minimum Gasteiger partial charge on any atom is -0.490 e. The van der Waals surface area contributed by atoms with E-state index in [0.717, 1.165) is 16.4 Å². The van der Waals surface area contributed by atoms with Crippen molar-refractivity contribution in [2.24, 2.45) is 0 Å². The molecule has 0 bridgehead atoms. The van der Waals surface area contributed by atoms with Crippen molar-refractivity contribution < 1.29 is 17.9 Å². The van der Waals surface area contributed by atoms with Gasteiger partial charge in [0.25, 0.3) is 0 Å². The molecule has 0 atom stereocenters. The van der Waals surface area contributed by atoms with Crippen LogP contribution < -0.4 is 9.64 Å². The molecule has 3 rings (SSSR count). The van der Waals surface area contributed by atoms with Gasteiger partial charge in [-0.3, -0.25) is 0 Å². The molecule has 0 N–H and O–H groups in total. The molecule has 1 saturated heterocycles. The van der Waals surface area contributed by atoms with Gasteiger partial charge in [-0.2, -0.15) is 13.2 Å². The summed E-state index contributed by atoms with van der Waals surface area (Å²) in [6.45, 7) is 1.40. The zero-order chi connectivity index (χ0) is 17.2. The van der Waals surface area contributed by atoms with Crippen molar-refractivity contribution in [3.63, 3.8) is 0 Å². The molecule has 0 spiro atoms. The molecule has 7 heteroatoms. The van der Waals surface area contributed by atoms with E-state index < -0.39 is 11.7 Å². The first-order valence-electron chi connectivity index (χ1n) is 7.63. The highest BCUT2D eigenvalue weighted by atomic mass is 79.9. The molecule has 0 radical (unpaired) electrons. The van der Waals surface area contributed by atoms with Crippen molar-refractivity contribution in [1.29, 1.82) is 0 Å². The van der Waals surface area contributed by atoms with Crippen LogP contribution in [0.2, 0.25) is 0 Å². The van der Waals surface area contributed by atoms with Crippen LogP contribution in [0, 0.1) is 0 Å². The van der Waals surface area contributed by atoms with Gasteiger partial charge in [-0.05, 0) is 40.2 Å². The number of alkyl halides is 3. The summed E-state index contributed by atoms with van der Waals surface area (Å²) in [7, 11) is 0. The van der Waals surface area contributed by atoms with E-state index in [2.05, 4.69) is 25.8 Å². The van der Waals surface area contributed by atoms with Crippen LogP contribution in [0.3, 0.4) is 0 Å². The number of rotatable bonds is 3. The molecule has 1 fully saturated rings. The van der Waals surface area contributed by atoms with E-state index in [0.29, 0.717) is 25.9 Å². The number of halogens is 4. The third-order valence-electron chi connectivity index (χ3n) is 3.96. The number of anilines is 1. The van der Waals surface area contributed by atoms with E-state index in [4.69, 9.17) is 4.74 Å². The van der Waals surface area contributed by atoms with Crippen molar-refractivity contribution in [2.75, 3.05) is 18.0 Å². The lowest BCUT2D eigenvalue weighted by Crippen LogP contribution is -2.38. The maximum atomic E-state index is 13.0. The van der Waals surface area contributed by atoms with E-state index >= 15 is 0 Å². The Balaban J connectivity index is 1.63. The Labute approximate surface area is 146 Å². The fourth-order valence-corrected chi connectivity index (χ4v) is 2.98. The second kappa shape index (κ2) is 7.01. The van der Waals surface area contributed by atoms with Crippen LogP contribution in [0.1, 0.15) is 18.4 Å². The van der Waals surface area contributed by atoms with Gasteiger partial charge < -0.3 is 9.64 Å². The summed E-state index contributed by atoms with van der Waals surface area (Å²) in [5, 5.41) is 0. The fourth-order valence-electron chi connectivity index (χ4n) is 2.74. The average Bonchev–Trinajstić information content (AvgIpc) is 2.56. The minimum atomic E-state index is -4.40. The predicted octanol–water partition coefficient (Wildman–Crippen LogP) is 4.91. The maximum Gasteiger partial charge on any atom is 0.419 e. The van der Waals surface area contributed by atoms with Crippen molar-refractivity contribution in [3.8, 4) is 5.75 Å². The minimum absolute atomic E-state index is 0.0924. The lowest BCUT2D eigenvalue weighted by molar-refractivity contribution is -0.139. The maximum absolute atomic E-state index is 13.0. The van der Waals surface area contributed by atoms with Crippen molar-refractivity contribution in [1.82, 2.24) is 4.98 Å². The summed E-state index contributed by atoms with van der Waals surface area (Å²) in [4.78, 5) is 6.46. The number of piperidine rings is 1. The van der Waals surface area contributed by atoms with Crippen LogP contribution in [-0.4, -0.2) is 24.2 Å². The molecule has 2 aromatic rings. The van der Waals surface area contributed by atoms with E-state index in [1.165, 1.54) is 12.1 Å². The number of benzene rings is 1. The molecule has 0 aliphatic carbocycles. The monoisotopic (exact) mass is 400 g/mol. The van der Waals surface area contributed by atoms with Gasteiger partial charge in [0.2, 0.25) is 0 Å². The Morgan fingerprint density at radius 3 is 2.42 bits per heavy atom. The van der Waals surface area contributed by atoms with Crippen LogP contribution >= 0.6 is 15.9 Å². The second-order valence-corrected chi connectivity index (χ2v) is 6.55. The van der Waals surface area contributed by atoms with Gasteiger partial charge in [0, 0.05) is 36.6 Å². The molecule has 3 nitrogen and oxygen atoms in total. The molecule has 24 heavy (non-hydrogen) atoms. The normalized spacial score (nSPS) is 16.2. The van der Waals surface area contributed by atoms with Crippen LogP contribution in [0.25, 0.3) is 0 Å². The number of hydrogen-bond donors (Lipinski definition) is 0. The van der Waals surface area contributed by atoms with Gasteiger partial charge >= 0.3 is 6.18 Å². The number of hydrogen-bond acceptors (Lipinski definition) is 3. The Morgan fingerprint density at radius 2 is 1.79 bits per heavy atom. The number of ether oxygens (including phenoxy) is 1. The van der Waals surface area contributed by atoms with Crippen molar-refractivity contribution in [3.05, 3.63) is 52.6 Å². The van der Waals surface area contributed by atoms with E-state index in [1.54, 1.807) is 12.3 Å². The molecule has 2 heterocycles. The highest BCUT2D eigenvalue weighted by Gasteiger charge is 2.35. The van der Waals surface area contributed by atoms with Crippen LogP contribution in [-0.2, 0) is 6.18 Å². The number of pyridine rings is 1. The standard InChI is InChI=1S/C17H16BrF3N2O/c18-12-5-6-16(22-11-12)23-9-7-13(8-10-23)24-15-4-2-1-3-14(15)17(19,20)21/h1-6,11,13H,7-10H2. The SMILES string of the molecule is FC(F)(F)c1ccccc1OC1CCN(c2ccc(Br)cn2)CC1. The zero-order valence-electron chi connectivity index (χ0n) is 12.8. The summed E-state index contributed by atoms with van der Waals surface area (Å²) < 4.78 is 45.6. The molecular formula is C17H16BrF3N2O. The largest absolute Gasteiger partial charge is 0.490 e. The van der Waals surface area contributed by atoms with E-state index in [9.17, 15) is 13.2 Å². The summed E-state index contributed by atoms with van der Waals surface area (Å²) >= 11 is 3.35.